The lowest BCUT2D eigenvalue weighted by Crippen LogP contribution is -2.34. The van der Waals surface area contributed by atoms with E-state index in [2.05, 4.69) is 0 Å². The Bertz CT molecular complexity index is 512. The summed E-state index contributed by atoms with van der Waals surface area (Å²) in [7, 11) is 0. The van der Waals surface area contributed by atoms with Crippen molar-refractivity contribution in [3.63, 3.8) is 0 Å². The second-order valence-electron chi connectivity index (χ2n) is 3.28. The Morgan fingerprint density at radius 2 is 2.06 bits per heavy atom. The van der Waals surface area contributed by atoms with Crippen LogP contribution < -0.4 is 4.90 Å². The molecule has 1 amide bonds. The molecule has 0 saturated heterocycles. The number of Topliss-reactive ketones (excluding diaryl/α,β-unsaturated/α-hetero) is 1. The van der Waals surface area contributed by atoms with Gasteiger partial charge in [-0.1, -0.05) is 11.6 Å². The molecule has 82 valence electrons. The zero-order chi connectivity index (χ0) is 11.9. The number of nitrogens with zero attached hydrogens (tertiary/aromatic N) is 1. The zero-order valence-corrected chi connectivity index (χ0v) is 8.69. The van der Waals surface area contributed by atoms with Crippen LogP contribution in [0.25, 0.3) is 0 Å². The van der Waals surface area contributed by atoms with Crippen molar-refractivity contribution < 1.29 is 19.5 Å². The molecular weight excluding hydrogens is 234 g/mol. The molecule has 1 heterocycles. The van der Waals surface area contributed by atoms with Gasteiger partial charge >= 0.3 is 5.97 Å². The number of hydrogen-bond donors (Lipinski definition) is 1. The lowest BCUT2D eigenvalue weighted by Gasteiger charge is -2.12. The molecule has 0 atom stereocenters. The largest absolute Gasteiger partial charge is 0.480 e. The molecule has 0 unspecified atom stereocenters. The highest BCUT2D eigenvalue weighted by Crippen LogP contribution is 2.30. The summed E-state index contributed by atoms with van der Waals surface area (Å²) < 4.78 is 0. The van der Waals surface area contributed by atoms with Gasteiger partial charge in [0.05, 0.1) is 11.3 Å². The standard InChI is InChI=1S/C10H6ClNO4/c11-5-1-2-7-6(3-5)9(15)10(16)12(7)4-8(13)14/h1-3H,4H2,(H,13,14). The quantitative estimate of drug-likeness (QED) is 0.780. The Hall–Kier alpha value is -1.88. The van der Waals surface area contributed by atoms with Crippen LogP contribution in [-0.4, -0.2) is 29.3 Å². The van der Waals surface area contributed by atoms with Crippen LogP contribution in [0.15, 0.2) is 18.2 Å². The first-order chi connectivity index (χ1) is 7.50. The van der Waals surface area contributed by atoms with Crippen molar-refractivity contribution in [2.45, 2.75) is 0 Å². The van der Waals surface area contributed by atoms with Crippen molar-refractivity contribution in [1.82, 2.24) is 0 Å². The molecule has 1 aromatic carbocycles. The number of halogens is 1. The van der Waals surface area contributed by atoms with E-state index in [9.17, 15) is 14.4 Å². The Morgan fingerprint density at radius 1 is 1.38 bits per heavy atom. The topological polar surface area (TPSA) is 74.7 Å². The fourth-order valence-electron chi connectivity index (χ4n) is 1.56. The third kappa shape index (κ3) is 1.55. The monoisotopic (exact) mass is 239 g/mol. The summed E-state index contributed by atoms with van der Waals surface area (Å²) in [6.07, 6.45) is 0. The molecule has 0 aromatic heterocycles. The maximum absolute atomic E-state index is 11.5. The Balaban J connectivity index is 2.50. The molecule has 0 fully saturated rings. The summed E-state index contributed by atoms with van der Waals surface area (Å²) in [5, 5.41) is 8.96. The van der Waals surface area contributed by atoms with Crippen molar-refractivity contribution in [2.24, 2.45) is 0 Å². The maximum Gasteiger partial charge on any atom is 0.323 e. The average molecular weight is 240 g/mol. The highest BCUT2D eigenvalue weighted by atomic mass is 35.5. The Morgan fingerprint density at radius 3 is 2.69 bits per heavy atom. The van der Waals surface area contributed by atoms with E-state index < -0.39 is 24.2 Å². The molecule has 1 aliphatic heterocycles. The maximum atomic E-state index is 11.5. The third-order valence-corrected chi connectivity index (χ3v) is 2.46. The average Bonchev–Trinajstić information content (AvgIpc) is 2.43. The molecule has 0 saturated carbocycles. The van der Waals surface area contributed by atoms with Crippen LogP contribution in [0.5, 0.6) is 0 Å². The highest BCUT2D eigenvalue weighted by Gasteiger charge is 2.36. The molecule has 1 aromatic rings. The number of carbonyl (C=O) groups excluding carboxylic acids is 2. The van der Waals surface area contributed by atoms with Crippen molar-refractivity contribution in [3.05, 3.63) is 28.8 Å². The number of anilines is 1. The van der Waals surface area contributed by atoms with E-state index in [0.29, 0.717) is 10.7 Å². The fraction of sp³-hybridized carbons (Fsp3) is 0.100. The van der Waals surface area contributed by atoms with Gasteiger partial charge in [-0.15, -0.1) is 0 Å². The molecule has 2 rings (SSSR count). The second kappa shape index (κ2) is 3.61. The van der Waals surface area contributed by atoms with Gasteiger partial charge in [0.25, 0.3) is 11.7 Å². The molecular formula is C10H6ClNO4. The van der Waals surface area contributed by atoms with E-state index in [1.54, 1.807) is 0 Å². The number of aliphatic carboxylic acids is 1. The van der Waals surface area contributed by atoms with Crippen LogP contribution in [-0.2, 0) is 9.59 Å². The number of ketones is 1. The molecule has 16 heavy (non-hydrogen) atoms. The summed E-state index contributed by atoms with van der Waals surface area (Å²) in [5.74, 6) is -2.73. The molecule has 1 aliphatic rings. The smallest absolute Gasteiger partial charge is 0.323 e. The minimum Gasteiger partial charge on any atom is -0.480 e. The van der Waals surface area contributed by atoms with Gasteiger partial charge in [0.15, 0.2) is 0 Å². The second-order valence-corrected chi connectivity index (χ2v) is 3.71. The summed E-state index contributed by atoms with van der Waals surface area (Å²) in [5.41, 5.74) is 0.445. The summed E-state index contributed by atoms with van der Waals surface area (Å²) in [6.45, 7) is -0.529. The van der Waals surface area contributed by atoms with E-state index in [1.165, 1.54) is 18.2 Å². The predicted octanol–water partition coefficient (Wildman–Crippen LogP) is 0.954. The molecule has 1 N–H and O–H groups in total. The summed E-state index contributed by atoms with van der Waals surface area (Å²) in [6, 6.07) is 4.32. The van der Waals surface area contributed by atoms with Crippen molar-refractivity contribution >= 4 is 34.9 Å². The van der Waals surface area contributed by atoms with Gasteiger partial charge in [-0.2, -0.15) is 0 Å². The third-order valence-electron chi connectivity index (χ3n) is 2.23. The van der Waals surface area contributed by atoms with Gasteiger partial charge in [-0.05, 0) is 18.2 Å². The van der Waals surface area contributed by atoms with Crippen LogP contribution in [0.1, 0.15) is 10.4 Å². The number of carboxylic acid groups (broad SMARTS) is 1. The van der Waals surface area contributed by atoms with Crippen LogP contribution in [0.3, 0.4) is 0 Å². The van der Waals surface area contributed by atoms with Crippen LogP contribution in [0, 0.1) is 0 Å². The van der Waals surface area contributed by atoms with E-state index in [-0.39, 0.29) is 5.56 Å². The van der Waals surface area contributed by atoms with Crippen molar-refractivity contribution in [2.75, 3.05) is 11.4 Å². The van der Waals surface area contributed by atoms with Gasteiger partial charge in [0.2, 0.25) is 0 Å². The van der Waals surface area contributed by atoms with Crippen LogP contribution in [0.4, 0.5) is 5.69 Å². The Kier molecular flexibility index (Phi) is 2.40. The lowest BCUT2D eigenvalue weighted by atomic mass is 10.1. The number of amides is 1. The number of benzene rings is 1. The van der Waals surface area contributed by atoms with E-state index in [4.69, 9.17) is 16.7 Å². The normalized spacial score (nSPS) is 14.2. The predicted molar refractivity (Wildman–Crippen MR) is 55.8 cm³/mol. The lowest BCUT2D eigenvalue weighted by molar-refractivity contribution is -0.136. The van der Waals surface area contributed by atoms with E-state index >= 15 is 0 Å². The minimum atomic E-state index is -1.18. The van der Waals surface area contributed by atoms with Gasteiger partial charge in [-0.3, -0.25) is 19.3 Å². The number of carbonyl (C=O) groups is 3. The molecule has 0 spiro atoms. The number of hydrogen-bond acceptors (Lipinski definition) is 3. The molecule has 0 bridgehead atoms. The van der Waals surface area contributed by atoms with Crippen molar-refractivity contribution in [3.8, 4) is 0 Å². The summed E-state index contributed by atoms with van der Waals surface area (Å²) >= 11 is 5.69. The molecule has 0 radical (unpaired) electrons. The van der Waals surface area contributed by atoms with Gasteiger partial charge in [-0.25, -0.2) is 0 Å². The van der Waals surface area contributed by atoms with Gasteiger partial charge in [0.1, 0.15) is 6.54 Å². The van der Waals surface area contributed by atoms with Gasteiger partial charge < -0.3 is 5.11 Å². The number of fused-ring (bicyclic) bond motifs is 1. The first-order valence-corrected chi connectivity index (χ1v) is 4.76. The molecule has 6 heteroatoms. The SMILES string of the molecule is O=C(O)CN1C(=O)C(=O)c2cc(Cl)ccc21. The van der Waals surface area contributed by atoms with Crippen LogP contribution >= 0.6 is 11.6 Å². The summed E-state index contributed by atoms with van der Waals surface area (Å²) in [4.78, 5) is 34.5. The molecule has 0 aliphatic carbocycles. The Labute approximate surface area is 95.2 Å². The number of carboxylic acids is 1. The van der Waals surface area contributed by atoms with E-state index in [0.717, 1.165) is 4.90 Å². The highest BCUT2D eigenvalue weighted by molar-refractivity contribution is 6.53. The van der Waals surface area contributed by atoms with Crippen LogP contribution in [0.2, 0.25) is 5.02 Å². The zero-order valence-electron chi connectivity index (χ0n) is 7.94. The van der Waals surface area contributed by atoms with E-state index in [1.807, 2.05) is 0 Å². The van der Waals surface area contributed by atoms with Crippen molar-refractivity contribution in [1.29, 1.82) is 0 Å². The fourth-order valence-corrected chi connectivity index (χ4v) is 1.74. The molecule has 5 nitrogen and oxygen atoms in total. The van der Waals surface area contributed by atoms with Gasteiger partial charge in [0, 0.05) is 5.02 Å². The first kappa shape index (κ1) is 10.6. The first-order valence-electron chi connectivity index (χ1n) is 4.38. The minimum absolute atomic E-state index is 0.152. The number of rotatable bonds is 2.